The van der Waals surface area contributed by atoms with Gasteiger partial charge in [0.2, 0.25) is 5.91 Å². The second-order valence-electron chi connectivity index (χ2n) is 3.84. The molecule has 1 aromatic carbocycles. The first-order chi connectivity index (χ1) is 9.22. The van der Waals surface area contributed by atoms with Crippen molar-refractivity contribution in [3.63, 3.8) is 0 Å². The van der Waals surface area contributed by atoms with Crippen molar-refractivity contribution in [2.24, 2.45) is 5.73 Å². The van der Waals surface area contributed by atoms with E-state index in [1.807, 2.05) is 10.6 Å². The molecule has 9 heteroatoms. The molecule has 0 spiro atoms. The normalized spacial score (nSPS) is 11.6. The second kappa shape index (κ2) is 5.95. The average Bonchev–Trinajstić information content (AvgIpc) is 2.30. The number of carbonyl (C=O) groups is 3. The number of amides is 3. The van der Waals surface area contributed by atoms with Gasteiger partial charge in [-0.05, 0) is 13.0 Å². The van der Waals surface area contributed by atoms with Crippen LogP contribution in [0.3, 0.4) is 0 Å². The Morgan fingerprint density at radius 2 is 1.85 bits per heavy atom. The van der Waals surface area contributed by atoms with Crippen LogP contribution in [0.4, 0.5) is 19.3 Å². The van der Waals surface area contributed by atoms with E-state index in [1.165, 1.54) is 6.92 Å². The molecule has 20 heavy (non-hydrogen) atoms. The fourth-order valence-corrected chi connectivity index (χ4v) is 1.33. The summed E-state index contributed by atoms with van der Waals surface area (Å²) in [6.07, 6.45) is 0. The Morgan fingerprint density at radius 3 is 2.35 bits per heavy atom. The molecule has 0 radical (unpaired) electrons. The number of hydrogen-bond acceptors (Lipinski definition) is 3. The Balaban J connectivity index is 2.97. The Hall–Kier alpha value is -2.71. The van der Waals surface area contributed by atoms with E-state index in [9.17, 15) is 23.2 Å². The number of primary amides is 1. The van der Waals surface area contributed by atoms with Crippen LogP contribution in [0, 0.1) is 11.6 Å². The number of halogens is 2. The third-order valence-electron chi connectivity index (χ3n) is 2.30. The van der Waals surface area contributed by atoms with Crippen molar-refractivity contribution >= 4 is 23.6 Å². The van der Waals surface area contributed by atoms with E-state index in [-0.39, 0.29) is 0 Å². The van der Waals surface area contributed by atoms with Gasteiger partial charge >= 0.3 is 12.0 Å². The zero-order valence-corrected chi connectivity index (χ0v) is 10.2. The number of carboxylic acids is 1. The fourth-order valence-electron chi connectivity index (χ4n) is 1.33. The van der Waals surface area contributed by atoms with Crippen LogP contribution in [-0.4, -0.2) is 29.1 Å². The smallest absolute Gasteiger partial charge is 0.338 e. The molecule has 1 unspecified atom stereocenters. The van der Waals surface area contributed by atoms with Crippen LogP contribution in [0.2, 0.25) is 0 Å². The predicted molar refractivity (Wildman–Crippen MR) is 64.1 cm³/mol. The molecule has 0 aliphatic heterocycles. The molecular formula is C11H11F2N3O4. The van der Waals surface area contributed by atoms with Gasteiger partial charge in [-0.15, -0.1) is 0 Å². The Morgan fingerprint density at radius 1 is 1.25 bits per heavy atom. The standard InChI is InChI=1S/C11H11F2N3O4/c1-4(15-11(14)20)9(17)16-8-2-5(10(18)19)6(12)3-7(8)13/h2-4H,1H3,(H,16,17)(H,18,19)(H3,14,15,20). The molecule has 0 bridgehead atoms. The largest absolute Gasteiger partial charge is 0.478 e. The van der Waals surface area contributed by atoms with Gasteiger partial charge in [0.15, 0.2) is 0 Å². The van der Waals surface area contributed by atoms with Gasteiger partial charge in [0.25, 0.3) is 0 Å². The number of anilines is 1. The van der Waals surface area contributed by atoms with E-state index in [0.717, 1.165) is 0 Å². The number of carboxylic acid groups (broad SMARTS) is 1. The summed E-state index contributed by atoms with van der Waals surface area (Å²) in [5, 5.41) is 12.8. The minimum Gasteiger partial charge on any atom is -0.478 e. The van der Waals surface area contributed by atoms with Crippen LogP contribution < -0.4 is 16.4 Å². The van der Waals surface area contributed by atoms with Crippen molar-refractivity contribution in [2.45, 2.75) is 13.0 Å². The Labute approximate surface area is 111 Å². The lowest BCUT2D eigenvalue weighted by Gasteiger charge is -2.13. The minimum atomic E-state index is -1.61. The molecule has 0 fully saturated rings. The molecule has 0 heterocycles. The second-order valence-corrected chi connectivity index (χ2v) is 3.84. The van der Waals surface area contributed by atoms with Gasteiger partial charge in [-0.3, -0.25) is 4.79 Å². The summed E-state index contributed by atoms with van der Waals surface area (Å²) in [5.41, 5.74) is 3.49. The highest BCUT2D eigenvalue weighted by Gasteiger charge is 2.19. The monoisotopic (exact) mass is 287 g/mol. The van der Waals surface area contributed by atoms with E-state index >= 15 is 0 Å². The number of rotatable bonds is 4. The summed E-state index contributed by atoms with van der Waals surface area (Å²) >= 11 is 0. The summed E-state index contributed by atoms with van der Waals surface area (Å²) < 4.78 is 26.6. The summed E-state index contributed by atoms with van der Waals surface area (Å²) in [6, 6.07) is -1.06. The highest BCUT2D eigenvalue weighted by molar-refractivity contribution is 5.98. The van der Waals surface area contributed by atoms with E-state index < -0.39 is 46.8 Å². The van der Waals surface area contributed by atoms with Gasteiger partial charge < -0.3 is 21.5 Å². The van der Waals surface area contributed by atoms with Crippen molar-refractivity contribution in [3.8, 4) is 0 Å². The zero-order valence-electron chi connectivity index (χ0n) is 10.2. The first-order valence-electron chi connectivity index (χ1n) is 5.31. The number of nitrogens with one attached hydrogen (secondary N) is 2. The van der Waals surface area contributed by atoms with E-state index in [2.05, 4.69) is 0 Å². The number of nitrogens with two attached hydrogens (primary N) is 1. The molecule has 1 aromatic rings. The van der Waals surface area contributed by atoms with Crippen LogP contribution in [0.5, 0.6) is 0 Å². The van der Waals surface area contributed by atoms with Gasteiger partial charge in [-0.25, -0.2) is 18.4 Å². The van der Waals surface area contributed by atoms with Crippen LogP contribution >= 0.6 is 0 Å². The van der Waals surface area contributed by atoms with Crippen LogP contribution in [0.25, 0.3) is 0 Å². The molecular weight excluding hydrogens is 276 g/mol. The molecule has 1 atom stereocenters. The summed E-state index contributed by atoms with van der Waals surface area (Å²) in [7, 11) is 0. The van der Waals surface area contributed by atoms with Crippen LogP contribution in [0.15, 0.2) is 12.1 Å². The predicted octanol–water partition coefficient (Wildman–Crippen LogP) is 0.658. The summed E-state index contributed by atoms with van der Waals surface area (Å²) in [4.78, 5) is 32.8. The van der Waals surface area contributed by atoms with Crippen molar-refractivity contribution in [1.82, 2.24) is 5.32 Å². The molecule has 0 aliphatic carbocycles. The highest BCUT2D eigenvalue weighted by Crippen LogP contribution is 2.19. The average molecular weight is 287 g/mol. The SMILES string of the molecule is CC(NC(N)=O)C(=O)Nc1cc(C(=O)O)c(F)cc1F. The molecule has 108 valence electrons. The van der Waals surface area contributed by atoms with Crippen molar-refractivity contribution in [3.05, 3.63) is 29.3 Å². The molecule has 1 rings (SSSR count). The molecule has 3 amide bonds. The minimum absolute atomic E-state index is 0.339. The van der Waals surface area contributed by atoms with E-state index in [4.69, 9.17) is 10.8 Å². The topological polar surface area (TPSA) is 122 Å². The maximum atomic E-state index is 13.4. The van der Waals surface area contributed by atoms with Gasteiger partial charge in [0.1, 0.15) is 17.7 Å². The van der Waals surface area contributed by atoms with Gasteiger partial charge in [0, 0.05) is 6.07 Å². The van der Waals surface area contributed by atoms with Crippen molar-refractivity contribution in [2.75, 3.05) is 5.32 Å². The number of aromatic carboxylic acids is 1. The Kier molecular flexibility index (Phi) is 4.57. The molecule has 0 saturated heterocycles. The summed E-state index contributed by atoms with van der Waals surface area (Å²) in [6.45, 7) is 1.28. The Bertz CT molecular complexity index is 577. The fraction of sp³-hybridized carbons (Fsp3) is 0.182. The number of carbonyl (C=O) groups excluding carboxylic acids is 2. The number of urea groups is 1. The van der Waals surface area contributed by atoms with Gasteiger partial charge in [0.05, 0.1) is 11.3 Å². The maximum absolute atomic E-state index is 13.4. The summed E-state index contributed by atoms with van der Waals surface area (Å²) in [5.74, 6) is -4.87. The zero-order chi connectivity index (χ0) is 15.4. The molecule has 5 N–H and O–H groups in total. The van der Waals surface area contributed by atoms with Crippen molar-refractivity contribution in [1.29, 1.82) is 0 Å². The molecule has 0 aromatic heterocycles. The highest BCUT2D eigenvalue weighted by atomic mass is 19.1. The van der Waals surface area contributed by atoms with Crippen molar-refractivity contribution < 1.29 is 28.3 Å². The van der Waals surface area contributed by atoms with Gasteiger partial charge in [-0.1, -0.05) is 0 Å². The lowest BCUT2D eigenvalue weighted by molar-refractivity contribution is -0.117. The lowest BCUT2D eigenvalue weighted by atomic mass is 10.1. The maximum Gasteiger partial charge on any atom is 0.338 e. The third kappa shape index (κ3) is 3.64. The first-order valence-corrected chi connectivity index (χ1v) is 5.31. The molecule has 0 aliphatic rings. The quantitative estimate of drug-likeness (QED) is 0.649. The number of hydrogen-bond donors (Lipinski definition) is 4. The van der Waals surface area contributed by atoms with E-state index in [1.54, 1.807) is 0 Å². The lowest BCUT2D eigenvalue weighted by Crippen LogP contribution is -2.44. The van der Waals surface area contributed by atoms with E-state index in [0.29, 0.717) is 12.1 Å². The third-order valence-corrected chi connectivity index (χ3v) is 2.30. The van der Waals surface area contributed by atoms with Crippen LogP contribution in [0.1, 0.15) is 17.3 Å². The number of benzene rings is 1. The first kappa shape index (κ1) is 15.3. The van der Waals surface area contributed by atoms with Gasteiger partial charge in [-0.2, -0.15) is 0 Å². The molecule has 7 nitrogen and oxygen atoms in total. The molecule has 0 saturated carbocycles. The van der Waals surface area contributed by atoms with Crippen LogP contribution in [-0.2, 0) is 4.79 Å².